The van der Waals surface area contributed by atoms with Gasteiger partial charge >= 0.3 is 0 Å². The first kappa shape index (κ1) is 37.6. The number of hydrogen-bond acceptors (Lipinski definition) is 6. The zero-order chi connectivity index (χ0) is 40.5. The fourth-order valence-electron chi connectivity index (χ4n) is 7.53. The number of ether oxygens (including phenoxy) is 2. The second-order valence-corrected chi connectivity index (χ2v) is 14.5. The second kappa shape index (κ2) is 15.7. The summed E-state index contributed by atoms with van der Waals surface area (Å²) in [5.74, 6) is 0.416. The Balaban J connectivity index is 1.07. The van der Waals surface area contributed by atoms with Crippen LogP contribution in [0.2, 0.25) is 0 Å². The van der Waals surface area contributed by atoms with Crippen molar-refractivity contribution in [3.63, 3.8) is 0 Å². The van der Waals surface area contributed by atoms with Crippen molar-refractivity contribution in [3.8, 4) is 45.1 Å². The number of nitrogens with zero attached hydrogens (tertiary/aromatic N) is 2. The fraction of sp³-hybridized carbons (Fsp3) is 0.120. The molecule has 8 rings (SSSR count). The van der Waals surface area contributed by atoms with Crippen LogP contribution in [0.3, 0.4) is 0 Å². The van der Waals surface area contributed by atoms with E-state index in [4.69, 9.17) is 19.4 Å². The quantitative estimate of drug-likeness (QED) is 0.152. The molecule has 8 nitrogen and oxygen atoms in total. The highest BCUT2D eigenvalue weighted by Crippen LogP contribution is 2.37. The lowest BCUT2D eigenvalue weighted by Gasteiger charge is -2.16. The summed E-state index contributed by atoms with van der Waals surface area (Å²) in [4.78, 5) is 37.9. The standard InChI is InChI=1S/C50H42N4O4/c1-29-15-19-35(31(3)23-29)45-27-39(37-11-7-9-13-41(37)51-45)49(55)53-43-21-17-33(25-47(43)57-5)34-18-22-44(48(26-34)58-6)54-50(56)40-28-46(36-20-16-30(2)24-32(36)4)52-42-14-10-8-12-38(40)42/h7-28H,1-6H3,(H,53,55)(H,54,56). The van der Waals surface area contributed by atoms with Gasteiger partial charge in [-0.25, -0.2) is 9.97 Å². The van der Waals surface area contributed by atoms with Crippen molar-refractivity contribution in [2.45, 2.75) is 27.7 Å². The summed E-state index contributed by atoms with van der Waals surface area (Å²) in [6.07, 6.45) is 0. The van der Waals surface area contributed by atoms with E-state index < -0.39 is 0 Å². The van der Waals surface area contributed by atoms with E-state index in [1.54, 1.807) is 14.2 Å². The third-order valence-corrected chi connectivity index (χ3v) is 10.5. The van der Waals surface area contributed by atoms with Crippen LogP contribution < -0.4 is 20.1 Å². The first-order valence-electron chi connectivity index (χ1n) is 19.0. The Morgan fingerprint density at radius 2 is 0.897 bits per heavy atom. The second-order valence-electron chi connectivity index (χ2n) is 14.5. The van der Waals surface area contributed by atoms with Gasteiger partial charge < -0.3 is 20.1 Å². The number of carbonyl (C=O) groups is 2. The minimum Gasteiger partial charge on any atom is -0.495 e. The molecule has 0 atom stereocenters. The SMILES string of the molecule is COc1cc(-c2ccc(NC(=O)c3cc(-c4ccc(C)cc4C)nc4ccccc34)c(OC)c2)ccc1NC(=O)c1cc(-c2ccc(C)cc2C)nc2ccccc12. The monoisotopic (exact) mass is 762 g/mol. The normalized spacial score (nSPS) is 11.1. The van der Waals surface area contributed by atoms with Crippen LogP contribution in [0.4, 0.5) is 11.4 Å². The van der Waals surface area contributed by atoms with E-state index in [9.17, 15) is 9.59 Å². The molecule has 2 N–H and O–H groups in total. The number of carbonyl (C=O) groups excluding carboxylic acids is 2. The summed E-state index contributed by atoms with van der Waals surface area (Å²) >= 11 is 0. The molecule has 6 aromatic carbocycles. The largest absolute Gasteiger partial charge is 0.495 e. The van der Waals surface area contributed by atoms with Gasteiger partial charge in [0.15, 0.2) is 0 Å². The molecule has 0 bridgehead atoms. The highest BCUT2D eigenvalue weighted by molar-refractivity contribution is 6.14. The van der Waals surface area contributed by atoms with Crippen LogP contribution in [-0.2, 0) is 0 Å². The fourth-order valence-corrected chi connectivity index (χ4v) is 7.53. The van der Waals surface area contributed by atoms with Crippen molar-refractivity contribution in [2.75, 3.05) is 24.9 Å². The molecule has 2 heterocycles. The van der Waals surface area contributed by atoms with Gasteiger partial charge in [-0.2, -0.15) is 0 Å². The minimum atomic E-state index is -0.277. The molecular formula is C50H42N4O4. The Bertz CT molecular complexity index is 2720. The first-order valence-corrected chi connectivity index (χ1v) is 19.0. The molecule has 0 fully saturated rings. The summed E-state index contributed by atoms with van der Waals surface area (Å²) in [6.45, 7) is 8.22. The number of anilines is 2. The number of pyridine rings is 2. The van der Waals surface area contributed by atoms with Gasteiger partial charge in [0.2, 0.25) is 0 Å². The molecule has 58 heavy (non-hydrogen) atoms. The van der Waals surface area contributed by atoms with Crippen LogP contribution in [0.25, 0.3) is 55.4 Å². The molecule has 8 heteroatoms. The molecule has 0 aliphatic heterocycles. The molecular weight excluding hydrogens is 721 g/mol. The van der Waals surface area contributed by atoms with Gasteiger partial charge in [0.25, 0.3) is 11.8 Å². The zero-order valence-corrected chi connectivity index (χ0v) is 33.2. The van der Waals surface area contributed by atoms with E-state index in [1.807, 2.05) is 109 Å². The summed E-state index contributed by atoms with van der Waals surface area (Å²) in [6, 6.07) is 42.7. The van der Waals surface area contributed by atoms with E-state index in [1.165, 1.54) is 0 Å². The van der Waals surface area contributed by atoms with Crippen LogP contribution >= 0.6 is 0 Å². The first-order chi connectivity index (χ1) is 28.1. The molecule has 286 valence electrons. The number of para-hydroxylation sites is 2. The Kier molecular flexibility index (Phi) is 10.2. The van der Waals surface area contributed by atoms with Crippen LogP contribution in [-0.4, -0.2) is 36.0 Å². The van der Waals surface area contributed by atoms with Crippen molar-refractivity contribution in [2.24, 2.45) is 0 Å². The molecule has 0 unspecified atom stereocenters. The van der Waals surface area contributed by atoms with Crippen molar-refractivity contribution < 1.29 is 19.1 Å². The van der Waals surface area contributed by atoms with Crippen molar-refractivity contribution >= 4 is 45.0 Å². The van der Waals surface area contributed by atoms with Crippen LogP contribution in [0.15, 0.2) is 133 Å². The average molecular weight is 763 g/mol. The van der Waals surface area contributed by atoms with Gasteiger partial charge in [-0.15, -0.1) is 0 Å². The number of hydrogen-bond donors (Lipinski definition) is 2. The van der Waals surface area contributed by atoms with E-state index in [0.717, 1.165) is 77.7 Å². The van der Waals surface area contributed by atoms with Crippen LogP contribution in [0, 0.1) is 27.7 Å². The van der Waals surface area contributed by atoms with Gasteiger partial charge in [0.1, 0.15) is 11.5 Å². The maximum atomic E-state index is 14.0. The number of methoxy groups -OCH3 is 2. The maximum absolute atomic E-state index is 14.0. The summed E-state index contributed by atoms with van der Waals surface area (Å²) < 4.78 is 11.6. The summed E-state index contributed by atoms with van der Waals surface area (Å²) in [5.41, 5.74) is 13.1. The number of benzene rings is 6. The summed E-state index contributed by atoms with van der Waals surface area (Å²) in [7, 11) is 3.14. The molecule has 0 saturated heterocycles. The van der Waals surface area contributed by atoms with Gasteiger partial charge in [0, 0.05) is 21.9 Å². The topological polar surface area (TPSA) is 102 Å². The number of aromatic nitrogens is 2. The number of nitrogens with one attached hydrogen (secondary N) is 2. The maximum Gasteiger partial charge on any atom is 0.256 e. The predicted molar refractivity (Wildman–Crippen MR) is 234 cm³/mol. The molecule has 2 amide bonds. The average Bonchev–Trinajstić information content (AvgIpc) is 3.23. The smallest absolute Gasteiger partial charge is 0.256 e. The highest BCUT2D eigenvalue weighted by atomic mass is 16.5. The van der Waals surface area contributed by atoms with Crippen LogP contribution in [0.1, 0.15) is 43.0 Å². The van der Waals surface area contributed by atoms with Crippen molar-refractivity contribution in [1.82, 2.24) is 9.97 Å². The highest BCUT2D eigenvalue weighted by Gasteiger charge is 2.20. The van der Waals surface area contributed by atoms with E-state index >= 15 is 0 Å². The Labute approximate surface area is 337 Å². The third-order valence-electron chi connectivity index (χ3n) is 10.5. The van der Waals surface area contributed by atoms with Gasteiger partial charge in [-0.3, -0.25) is 9.59 Å². The number of amides is 2. The van der Waals surface area contributed by atoms with E-state index in [-0.39, 0.29) is 11.8 Å². The van der Waals surface area contributed by atoms with E-state index in [2.05, 4.69) is 62.6 Å². The Hall–Kier alpha value is -7.32. The van der Waals surface area contributed by atoms with Crippen molar-refractivity contribution in [1.29, 1.82) is 0 Å². The molecule has 0 saturated carbocycles. The molecule has 8 aromatic rings. The lowest BCUT2D eigenvalue weighted by Crippen LogP contribution is -2.14. The molecule has 0 radical (unpaired) electrons. The van der Waals surface area contributed by atoms with Crippen molar-refractivity contribution in [3.05, 3.63) is 167 Å². The summed E-state index contributed by atoms with van der Waals surface area (Å²) in [5, 5.41) is 7.67. The van der Waals surface area contributed by atoms with Gasteiger partial charge in [-0.05, 0) is 98.5 Å². The minimum absolute atomic E-state index is 0.277. The van der Waals surface area contributed by atoms with Gasteiger partial charge in [0.05, 0.1) is 59.1 Å². The number of rotatable bonds is 9. The third kappa shape index (κ3) is 7.35. The van der Waals surface area contributed by atoms with Crippen LogP contribution in [0.5, 0.6) is 11.5 Å². The molecule has 0 aliphatic carbocycles. The number of fused-ring (bicyclic) bond motifs is 2. The lowest BCUT2D eigenvalue weighted by atomic mass is 9.99. The molecule has 0 spiro atoms. The van der Waals surface area contributed by atoms with Gasteiger partial charge in [-0.1, -0.05) is 96.1 Å². The molecule has 2 aromatic heterocycles. The Morgan fingerprint density at radius 3 is 1.29 bits per heavy atom. The lowest BCUT2D eigenvalue weighted by molar-refractivity contribution is 0.102. The Morgan fingerprint density at radius 1 is 0.483 bits per heavy atom. The van der Waals surface area contributed by atoms with E-state index in [0.29, 0.717) is 34.0 Å². The zero-order valence-electron chi connectivity index (χ0n) is 33.2. The molecule has 0 aliphatic rings. The predicted octanol–water partition coefficient (Wildman–Crippen LogP) is 11.5. The number of aryl methyl sites for hydroxylation is 4.